The van der Waals surface area contributed by atoms with Crippen molar-refractivity contribution < 1.29 is 33.3 Å². The van der Waals surface area contributed by atoms with Gasteiger partial charge in [0, 0.05) is 0 Å². The van der Waals surface area contributed by atoms with Gasteiger partial charge in [-0.15, -0.1) is 0 Å². The Morgan fingerprint density at radius 1 is 1.00 bits per heavy atom. The highest BCUT2D eigenvalue weighted by molar-refractivity contribution is 6.11. The summed E-state index contributed by atoms with van der Waals surface area (Å²) in [5.41, 5.74) is 0.884. The first-order valence-electron chi connectivity index (χ1n) is 9.21. The summed E-state index contributed by atoms with van der Waals surface area (Å²) in [5.74, 6) is -0.294. The Kier molecular flexibility index (Phi) is 5.96. The number of hydrogen-bond donors (Lipinski definition) is 0. The summed E-state index contributed by atoms with van der Waals surface area (Å²) in [6, 6.07) is 10.1. The third-order valence-electron chi connectivity index (χ3n) is 4.62. The predicted molar refractivity (Wildman–Crippen MR) is 105 cm³/mol. The normalized spacial score (nSPS) is 17.9. The van der Waals surface area contributed by atoms with E-state index in [1.54, 1.807) is 36.4 Å². The van der Waals surface area contributed by atoms with Crippen LogP contribution in [0.3, 0.4) is 0 Å². The smallest absolute Gasteiger partial charge is 0.320 e. The summed E-state index contributed by atoms with van der Waals surface area (Å²) in [6.45, 7) is 3.78. The Balaban J connectivity index is 2.06. The summed E-state index contributed by atoms with van der Waals surface area (Å²) < 4.78 is 27.2. The van der Waals surface area contributed by atoms with Gasteiger partial charge in [-0.2, -0.15) is 0 Å². The van der Waals surface area contributed by atoms with E-state index in [-0.39, 0.29) is 17.5 Å². The zero-order valence-corrected chi connectivity index (χ0v) is 17.1. The SMILES string of the molecule is COC(=O)[C@H]1C(=O)c2cc(OC(C)C)ccc2O[C@@H]1c1ccc(OC)c(OC)c1. The molecule has 0 saturated heterocycles. The Labute approximate surface area is 169 Å². The van der Waals surface area contributed by atoms with Gasteiger partial charge >= 0.3 is 5.97 Å². The van der Waals surface area contributed by atoms with Gasteiger partial charge in [-0.1, -0.05) is 6.07 Å². The van der Waals surface area contributed by atoms with Gasteiger partial charge in [-0.25, -0.2) is 0 Å². The van der Waals surface area contributed by atoms with Crippen LogP contribution in [0.25, 0.3) is 0 Å². The van der Waals surface area contributed by atoms with Crippen LogP contribution < -0.4 is 18.9 Å². The van der Waals surface area contributed by atoms with E-state index in [1.807, 2.05) is 13.8 Å². The molecule has 7 nitrogen and oxygen atoms in total. The van der Waals surface area contributed by atoms with Crippen LogP contribution in [0.2, 0.25) is 0 Å². The largest absolute Gasteiger partial charge is 0.493 e. The third-order valence-corrected chi connectivity index (χ3v) is 4.62. The molecular formula is C22H24O7. The lowest BCUT2D eigenvalue weighted by atomic mass is 9.85. The van der Waals surface area contributed by atoms with Crippen molar-refractivity contribution in [2.24, 2.45) is 5.92 Å². The van der Waals surface area contributed by atoms with Gasteiger partial charge < -0.3 is 23.7 Å². The van der Waals surface area contributed by atoms with Crippen molar-refractivity contribution in [3.05, 3.63) is 47.5 Å². The maximum absolute atomic E-state index is 13.2. The molecule has 0 saturated carbocycles. The molecule has 2 atom stereocenters. The van der Waals surface area contributed by atoms with E-state index in [0.717, 1.165) is 0 Å². The van der Waals surface area contributed by atoms with Crippen molar-refractivity contribution in [1.82, 2.24) is 0 Å². The van der Waals surface area contributed by atoms with Gasteiger partial charge in [0.15, 0.2) is 23.2 Å². The van der Waals surface area contributed by atoms with E-state index < -0.39 is 18.0 Å². The lowest BCUT2D eigenvalue weighted by molar-refractivity contribution is -0.146. The molecule has 2 aromatic rings. The molecule has 0 fully saturated rings. The predicted octanol–water partition coefficient (Wildman–Crippen LogP) is 3.60. The summed E-state index contributed by atoms with van der Waals surface area (Å²) in [6.07, 6.45) is -0.914. The van der Waals surface area contributed by atoms with Crippen LogP contribution >= 0.6 is 0 Å². The second kappa shape index (κ2) is 8.43. The van der Waals surface area contributed by atoms with Crippen molar-refractivity contribution in [1.29, 1.82) is 0 Å². The molecule has 1 heterocycles. The highest BCUT2D eigenvalue weighted by Crippen LogP contribution is 2.42. The first-order chi connectivity index (χ1) is 13.9. The molecule has 0 aliphatic carbocycles. The summed E-state index contributed by atoms with van der Waals surface area (Å²) in [5, 5.41) is 0. The highest BCUT2D eigenvalue weighted by atomic mass is 16.5. The molecule has 1 aliphatic rings. The Bertz CT molecular complexity index is 919. The maximum Gasteiger partial charge on any atom is 0.320 e. The Morgan fingerprint density at radius 3 is 2.34 bits per heavy atom. The molecule has 7 heteroatoms. The fourth-order valence-electron chi connectivity index (χ4n) is 3.31. The number of ether oxygens (including phenoxy) is 5. The van der Waals surface area contributed by atoms with E-state index in [0.29, 0.717) is 28.6 Å². The zero-order valence-electron chi connectivity index (χ0n) is 17.1. The molecule has 0 aromatic heterocycles. The van der Waals surface area contributed by atoms with Crippen LogP contribution in [0.5, 0.6) is 23.0 Å². The van der Waals surface area contributed by atoms with Crippen molar-refractivity contribution in [3.63, 3.8) is 0 Å². The van der Waals surface area contributed by atoms with E-state index >= 15 is 0 Å². The van der Waals surface area contributed by atoms with Crippen LogP contribution in [0.1, 0.15) is 35.9 Å². The van der Waals surface area contributed by atoms with Crippen LogP contribution in [-0.2, 0) is 9.53 Å². The quantitative estimate of drug-likeness (QED) is 0.541. The van der Waals surface area contributed by atoms with Crippen LogP contribution in [-0.4, -0.2) is 39.2 Å². The number of esters is 1. The molecule has 29 heavy (non-hydrogen) atoms. The molecule has 0 bridgehead atoms. The standard InChI is InChI=1S/C22H24O7/c1-12(2)28-14-7-9-16-15(11-14)20(23)19(22(24)27-5)21(29-16)13-6-8-17(25-3)18(10-13)26-4/h6-12,19,21H,1-5H3/t19-,21+/m0/s1. The lowest BCUT2D eigenvalue weighted by Gasteiger charge is -2.31. The van der Waals surface area contributed by atoms with Gasteiger partial charge in [-0.05, 0) is 49.7 Å². The molecule has 3 rings (SSSR count). The van der Waals surface area contributed by atoms with Crippen LogP contribution in [0.4, 0.5) is 0 Å². The molecule has 154 valence electrons. The zero-order chi connectivity index (χ0) is 21.1. The average Bonchev–Trinajstić information content (AvgIpc) is 2.72. The number of methoxy groups -OCH3 is 3. The van der Waals surface area contributed by atoms with E-state index in [1.165, 1.54) is 21.3 Å². The molecule has 0 unspecified atom stereocenters. The summed E-state index contributed by atoms with van der Waals surface area (Å²) in [4.78, 5) is 25.7. The number of hydrogen-bond acceptors (Lipinski definition) is 7. The lowest BCUT2D eigenvalue weighted by Crippen LogP contribution is -2.38. The molecular weight excluding hydrogens is 376 g/mol. The van der Waals surface area contributed by atoms with Gasteiger partial charge in [0.25, 0.3) is 0 Å². The fraction of sp³-hybridized carbons (Fsp3) is 0.364. The van der Waals surface area contributed by atoms with Gasteiger partial charge in [0.2, 0.25) is 0 Å². The average molecular weight is 400 g/mol. The number of fused-ring (bicyclic) bond motifs is 1. The summed E-state index contributed by atoms with van der Waals surface area (Å²) >= 11 is 0. The topological polar surface area (TPSA) is 80.3 Å². The van der Waals surface area contributed by atoms with Crippen LogP contribution in [0.15, 0.2) is 36.4 Å². The number of carbonyl (C=O) groups is 2. The minimum Gasteiger partial charge on any atom is -0.493 e. The first kappa shape index (κ1) is 20.5. The van der Waals surface area contributed by atoms with Gasteiger partial charge in [-0.3, -0.25) is 9.59 Å². The number of rotatable bonds is 6. The number of benzene rings is 2. The number of Topliss-reactive ketones (excluding diaryl/α,β-unsaturated/α-hetero) is 1. The van der Waals surface area contributed by atoms with E-state index in [2.05, 4.69) is 0 Å². The minimum atomic E-state index is -1.15. The summed E-state index contributed by atoms with van der Waals surface area (Å²) in [7, 11) is 4.29. The monoisotopic (exact) mass is 400 g/mol. The van der Waals surface area contributed by atoms with Gasteiger partial charge in [0.1, 0.15) is 17.6 Å². The van der Waals surface area contributed by atoms with Crippen molar-refractivity contribution in [3.8, 4) is 23.0 Å². The van der Waals surface area contributed by atoms with Crippen LogP contribution in [0, 0.1) is 5.92 Å². The molecule has 0 spiro atoms. The minimum absolute atomic E-state index is 0.0522. The molecule has 1 aliphatic heterocycles. The molecule has 2 aromatic carbocycles. The fourth-order valence-corrected chi connectivity index (χ4v) is 3.31. The molecule has 0 amide bonds. The van der Waals surface area contributed by atoms with Crippen molar-refractivity contribution >= 4 is 11.8 Å². The number of ketones is 1. The molecule has 0 radical (unpaired) electrons. The Hall–Kier alpha value is -3.22. The number of carbonyl (C=O) groups excluding carboxylic acids is 2. The van der Waals surface area contributed by atoms with Crippen molar-refractivity contribution in [2.75, 3.05) is 21.3 Å². The second-order valence-corrected chi connectivity index (χ2v) is 6.84. The van der Waals surface area contributed by atoms with E-state index in [4.69, 9.17) is 23.7 Å². The van der Waals surface area contributed by atoms with E-state index in [9.17, 15) is 9.59 Å². The molecule has 0 N–H and O–H groups in total. The van der Waals surface area contributed by atoms with Gasteiger partial charge in [0.05, 0.1) is 33.0 Å². The third kappa shape index (κ3) is 3.99. The second-order valence-electron chi connectivity index (χ2n) is 6.84. The first-order valence-corrected chi connectivity index (χ1v) is 9.21. The maximum atomic E-state index is 13.2. The van der Waals surface area contributed by atoms with Crippen molar-refractivity contribution in [2.45, 2.75) is 26.1 Å². The highest BCUT2D eigenvalue weighted by Gasteiger charge is 2.44. The Morgan fingerprint density at radius 2 is 1.72 bits per heavy atom.